The highest BCUT2D eigenvalue weighted by Gasteiger charge is 2.28. The normalized spacial score (nSPS) is 19.7. The van der Waals surface area contributed by atoms with E-state index in [-0.39, 0.29) is 17.6 Å². The average Bonchev–Trinajstić information content (AvgIpc) is 2.89. The quantitative estimate of drug-likeness (QED) is 0.623. The first-order chi connectivity index (χ1) is 17.7. The van der Waals surface area contributed by atoms with Gasteiger partial charge in [-0.1, -0.05) is 6.07 Å². The van der Waals surface area contributed by atoms with Gasteiger partial charge in [0, 0.05) is 55.6 Å². The Kier molecular flexibility index (Phi) is 7.18. The van der Waals surface area contributed by atoms with Crippen molar-refractivity contribution in [2.24, 2.45) is 0 Å². The van der Waals surface area contributed by atoms with Crippen molar-refractivity contribution in [1.29, 1.82) is 0 Å². The number of rotatable bonds is 4. The Bertz CT molecular complexity index is 1200. The molecule has 1 amide bonds. The maximum Gasteiger partial charge on any atom is 0.410 e. The highest BCUT2D eigenvalue weighted by Crippen LogP contribution is 2.36. The lowest BCUT2D eigenvalue weighted by molar-refractivity contribution is -0.102. The van der Waals surface area contributed by atoms with Crippen LogP contribution in [0.4, 0.5) is 10.5 Å². The Morgan fingerprint density at radius 2 is 1.86 bits per heavy atom. The van der Waals surface area contributed by atoms with Gasteiger partial charge in [-0.15, -0.1) is 0 Å². The molecule has 3 aliphatic rings. The van der Waals surface area contributed by atoms with Gasteiger partial charge in [0.15, 0.2) is 11.3 Å². The second kappa shape index (κ2) is 10.4. The van der Waals surface area contributed by atoms with Crippen molar-refractivity contribution in [2.75, 3.05) is 57.5 Å². The number of hydrogen-bond acceptors (Lipinski definition) is 7. The fourth-order valence-corrected chi connectivity index (χ4v) is 5.15. The monoisotopic (exact) mass is 511 g/mol. The number of carbonyl (C=O) groups excluding carboxylic acids is 1. The molecule has 2 aromatic rings. The number of hydrogen-bond donors (Lipinski definition) is 0. The highest BCUT2D eigenvalue weighted by molar-refractivity contribution is 5.73. The van der Waals surface area contributed by atoms with Gasteiger partial charge in [0.05, 0.1) is 25.5 Å². The van der Waals surface area contributed by atoms with E-state index >= 15 is 0 Å². The molecule has 0 saturated carbocycles. The molecule has 0 bridgehead atoms. The van der Waals surface area contributed by atoms with Gasteiger partial charge in [-0.3, -0.25) is 4.79 Å². The summed E-state index contributed by atoms with van der Waals surface area (Å²) in [4.78, 5) is 29.4. The number of amides is 1. The smallest absolute Gasteiger partial charge is 0.410 e. The molecule has 3 aliphatic heterocycles. The molecule has 1 atom stereocenters. The van der Waals surface area contributed by atoms with Crippen LogP contribution in [-0.2, 0) is 27.2 Å². The molecule has 1 aromatic heterocycles. The van der Waals surface area contributed by atoms with Crippen molar-refractivity contribution >= 4 is 11.8 Å². The molecule has 2 saturated heterocycles. The van der Waals surface area contributed by atoms with Crippen LogP contribution in [0.5, 0.6) is 5.88 Å². The summed E-state index contributed by atoms with van der Waals surface area (Å²) in [6.07, 6.45) is 0.460. The molecule has 0 N–H and O–H groups in total. The number of ether oxygens (including phenoxy) is 4. The van der Waals surface area contributed by atoms with E-state index in [1.807, 2.05) is 27.7 Å². The van der Waals surface area contributed by atoms with Crippen LogP contribution in [0.3, 0.4) is 0 Å². The Hall–Kier alpha value is -3.04. The van der Waals surface area contributed by atoms with Crippen LogP contribution in [0.1, 0.15) is 31.9 Å². The van der Waals surface area contributed by atoms with Crippen LogP contribution in [0.2, 0.25) is 0 Å². The van der Waals surface area contributed by atoms with E-state index in [1.165, 1.54) is 5.56 Å². The van der Waals surface area contributed by atoms with Crippen molar-refractivity contribution in [2.45, 2.75) is 52.4 Å². The summed E-state index contributed by atoms with van der Waals surface area (Å²) in [6.45, 7) is 13.0. The number of piperazine rings is 1. The van der Waals surface area contributed by atoms with Crippen molar-refractivity contribution in [3.8, 4) is 17.1 Å². The van der Waals surface area contributed by atoms with Gasteiger partial charge >= 0.3 is 6.09 Å². The summed E-state index contributed by atoms with van der Waals surface area (Å²) in [5.41, 5.74) is 4.55. The minimum atomic E-state index is -0.494. The second-order valence-corrected chi connectivity index (χ2v) is 10.9. The summed E-state index contributed by atoms with van der Waals surface area (Å²) >= 11 is 0. The molecule has 1 aromatic carbocycles. The fraction of sp³-hybridized carbons (Fsp3) is 0.571. The molecule has 9 heteroatoms. The van der Waals surface area contributed by atoms with E-state index in [4.69, 9.17) is 18.9 Å². The first kappa shape index (κ1) is 25.6. The van der Waals surface area contributed by atoms with E-state index in [1.54, 1.807) is 11.0 Å². The van der Waals surface area contributed by atoms with Gasteiger partial charge in [0.2, 0.25) is 0 Å². The predicted molar refractivity (Wildman–Crippen MR) is 141 cm³/mol. The van der Waals surface area contributed by atoms with Crippen molar-refractivity contribution in [1.82, 2.24) is 9.47 Å². The van der Waals surface area contributed by atoms with Crippen LogP contribution in [0.15, 0.2) is 29.1 Å². The van der Waals surface area contributed by atoms with E-state index in [2.05, 4.69) is 27.7 Å². The zero-order valence-electron chi connectivity index (χ0n) is 22.2. The largest absolute Gasteiger partial charge is 0.476 e. The summed E-state index contributed by atoms with van der Waals surface area (Å²) in [7, 11) is 0. The van der Waals surface area contributed by atoms with Gasteiger partial charge in [-0.25, -0.2) is 4.79 Å². The topological polar surface area (TPSA) is 82.5 Å². The van der Waals surface area contributed by atoms with Crippen LogP contribution in [-0.4, -0.2) is 79.9 Å². The number of aryl methyl sites for hydroxylation is 1. The van der Waals surface area contributed by atoms with Gasteiger partial charge in [0.25, 0.3) is 0 Å². The third-order valence-corrected chi connectivity index (χ3v) is 7.06. The number of anilines is 1. The van der Waals surface area contributed by atoms with E-state index in [9.17, 15) is 9.59 Å². The Labute approximate surface area is 217 Å². The minimum Gasteiger partial charge on any atom is -0.476 e. The summed E-state index contributed by atoms with van der Waals surface area (Å²) in [6, 6.07) is 8.05. The van der Waals surface area contributed by atoms with Gasteiger partial charge in [0.1, 0.15) is 18.3 Å². The maximum atomic E-state index is 12.9. The van der Waals surface area contributed by atoms with E-state index in [0.717, 1.165) is 48.6 Å². The van der Waals surface area contributed by atoms with Crippen molar-refractivity contribution in [3.05, 3.63) is 45.6 Å². The molecule has 0 radical (unpaired) electrons. The van der Waals surface area contributed by atoms with Gasteiger partial charge in [-0.05, 0) is 51.8 Å². The number of fused-ring (bicyclic) bond motifs is 3. The zero-order chi connectivity index (χ0) is 26.2. The lowest BCUT2D eigenvalue weighted by Gasteiger charge is -2.37. The molecule has 9 nitrogen and oxygen atoms in total. The lowest BCUT2D eigenvalue weighted by atomic mass is 9.93. The van der Waals surface area contributed by atoms with Crippen LogP contribution < -0.4 is 15.1 Å². The highest BCUT2D eigenvalue weighted by atomic mass is 16.6. The molecular weight excluding hydrogens is 474 g/mol. The Morgan fingerprint density at radius 1 is 1.08 bits per heavy atom. The standard InChI is InChI=1S/C28H37N3O6/c1-19-24(32)16-25(36-18-22-17-34-13-14-35-22)31-8-7-20-15-21(5-6-23(20)26(19)31)29-9-11-30(12-10-29)27(33)37-28(2,3)4/h5-6,15-16,22H,7-14,17-18H2,1-4H3/t22-/m0/s1. The second-order valence-electron chi connectivity index (χ2n) is 10.9. The molecule has 0 spiro atoms. The van der Waals surface area contributed by atoms with E-state index in [0.29, 0.717) is 45.4 Å². The fourth-order valence-electron chi connectivity index (χ4n) is 5.15. The summed E-state index contributed by atoms with van der Waals surface area (Å²) in [5.74, 6) is 0.577. The van der Waals surface area contributed by atoms with E-state index < -0.39 is 5.60 Å². The first-order valence-electron chi connectivity index (χ1n) is 13.1. The summed E-state index contributed by atoms with van der Waals surface area (Å²) in [5, 5.41) is 0. The molecule has 37 heavy (non-hydrogen) atoms. The van der Waals surface area contributed by atoms with Crippen LogP contribution in [0.25, 0.3) is 11.3 Å². The number of nitrogens with zero attached hydrogens (tertiary/aromatic N) is 3. The Balaban J connectivity index is 1.32. The van der Waals surface area contributed by atoms with Crippen molar-refractivity contribution in [3.63, 3.8) is 0 Å². The lowest BCUT2D eigenvalue weighted by Crippen LogP contribution is -2.50. The predicted octanol–water partition coefficient (Wildman–Crippen LogP) is 3.23. The van der Waals surface area contributed by atoms with Gasteiger partial charge < -0.3 is 33.3 Å². The number of pyridine rings is 1. The molecule has 0 aliphatic carbocycles. The molecular formula is C28H37N3O6. The molecule has 4 heterocycles. The molecule has 200 valence electrons. The minimum absolute atomic E-state index is 0.0303. The molecule has 5 rings (SSSR count). The average molecular weight is 512 g/mol. The zero-order valence-corrected chi connectivity index (χ0v) is 22.2. The number of aromatic nitrogens is 1. The Morgan fingerprint density at radius 3 is 2.57 bits per heavy atom. The van der Waals surface area contributed by atoms with Crippen LogP contribution in [0, 0.1) is 6.92 Å². The number of carbonyl (C=O) groups is 1. The SMILES string of the molecule is Cc1c2n(c(OC[C@@H]3COCCO3)cc1=O)CCc1cc(N3CCN(C(=O)OC(C)(C)C)CC3)ccc1-2. The first-order valence-corrected chi connectivity index (χ1v) is 13.1. The van der Waals surface area contributed by atoms with Crippen LogP contribution >= 0.6 is 0 Å². The maximum absolute atomic E-state index is 12.9. The molecule has 0 unspecified atom stereocenters. The van der Waals surface area contributed by atoms with Gasteiger partial charge in [-0.2, -0.15) is 0 Å². The third-order valence-electron chi connectivity index (χ3n) is 7.06. The van der Waals surface area contributed by atoms with Crippen molar-refractivity contribution < 1.29 is 23.7 Å². The number of benzene rings is 1. The third kappa shape index (κ3) is 5.62. The molecule has 2 fully saturated rings. The summed E-state index contributed by atoms with van der Waals surface area (Å²) < 4.78 is 24.9.